The molecule has 0 bridgehead atoms. The van der Waals surface area contributed by atoms with E-state index >= 15 is 0 Å². The van der Waals surface area contributed by atoms with Crippen molar-refractivity contribution in [3.05, 3.63) is 59.5 Å². The quantitative estimate of drug-likeness (QED) is 0.747. The predicted octanol–water partition coefficient (Wildman–Crippen LogP) is 3.88. The molecule has 0 atom stereocenters. The molecule has 3 aromatic rings. The molecule has 0 fully saturated rings. The molecule has 2 aromatic heterocycles. The zero-order chi connectivity index (χ0) is 20.5. The third kappa shape index (κ3) is 4.42. The average molecular weight is 380 g/mol. The molecule has 28 heavy (non-hydrogen) atoms. The van der Waals surface area contributed by atoms with Gasteiger partial charge in [0.15, 0.2) is 0 Å². The minimum Gasteiger partial charge on any atom is -0.323 e. The lowest BCUT2D eigenvalue weighted by atomic mass is 9.92. The molecular formula is C21H28N6O. The van der Waals surface area contributed by atoms with Crippen LogP contribution in [-0.2, 0) is 19.0 Å². The molecule has 1 aromatic carbocycles. The minimum absolute atomic E-state index is 0.0724. The van der Waals surface area contributed by atoms with Crippen molar-refractivity contribution in [2.24, 2.45) is 7.05 Å². The van der Waals surface area contributed by atoms with Gasteiger partial charge in [0.25, 0.3) is 0 Å². The topological polar surface area (TPSA) is 68.0 Å². The van der Waals surface area contributed by atoms with Crippen LogP contribution in [0.2, 0.25) is 0 Å². The summed E-state index contributed by atoms with van der Waals surface area (Å²) < 4.78 is 3.52. The Labute approximate surface area is 166 Å². The van der Waals surface area contributed by atoms with Crippen molar-refractivity contribution in [3.8, 4) is 5.69 Å². The first kappa shape index (κ1) is 19.7. The number of carbonyl (C=O) groups is 1. The fraction of sp³-hybridized carbons (Fsp3) is 0.381. The Hall–Kier alpha value is -3.09. The number of nitrogens with zero attached hydrogens (tertiary/aromatic N) is 5. The van der Waals surface area contributed by atoms with Crippen LogP contribution in [0, 0.1) is 6.92 Å². The van der Waals surface area contributed by atoms with E-state index in [0.717, 1.165) is 16.9 Å². The molecule has 7 nitrogen and oxygen atoms in total. The minimum atomic E-state index is -0.188. The van der Waals surface area contributed by atoms with Gasteiger partial charge >= 0.3 is 6.03 Å². The second-order valence-corrected chi connectivity index (χ2v) is 8.21. The molecular weight excluding hydrogens is 352 g/mol. The molecule has 0 radical (unpaired) electrons. The van der Waals surface area contributed by atoms with Crippen molar-refractivity contribution >= 4 is 11.8 Å². The summed E-state index contributed by atoms with van der Waals surface area (Å²) in [6, 6.07) is 9.87. The molecule has 0 spiro atoms. The van der Waals surface area contributed by atoms with Crippen LogP contribution in [0.5, 0.6) is 0 Å². The normalized spacial score (nSPS) is 11.5. The molecule has 148 valence electrons. The van der Waals surface area contributed by atoms with Crippen LogP contribution in [-0.4, -0.2) is 37.5 Å². The van der Waals surface area contributed by atoms with Gasteiger partial charge in [-0.1, -0.05) is 32.9 Å². The summed E-state index contributed by atoms with van der Waals surface area (Å²) >= 11 is 0. The van der Waals surface area contributed by atoms with E-state index in [1.165, 1.54) is 5.56 Å². The van der Waals surface area contributed by atoms with E-state index in [-0.39, 0.29) is 11.4 Å². The second kappa shape index (κ2) is 7.50. The molecule has 0 saturated carbocycles. The summed E-state index contributed by atoms with van der Waals surface area (Å²) in [6.45, 7) is 8.80. The van der Waals surface area contributed by atoms with Gasteiger partial charge in [-0.2, -0.15) is 10.2 Å². The molecule has 0 aliphatic heterocycles. The summed E-state index contributed by atoms with van der Waals surface area (Å²) in [4.78, 5) is 14.2. The number of urea groups is 1. The van der Waals surface area contributed by atoms with Gasteiger partial charge in [-0.3, -0.25) is 10.00 Å². The van der Waals surface area contributed by atoms with E-state index < -0.39 is 0 Å². The standard InChI is InChI=1S/C21H28N6O/c1-15-8-7-9-17(10-15)27-14-16(12-22-27)13-25(5)20(28)23-19-11-18(21(2,3)4)24-26(19)6/h7-12,14H,13H2,1-6H3,(H,23,28). The highest BCUT2D eigenvalue weighted by Crippen LogP contribution is 2.23. The highest BCUT2D eigenvalue weighted by molar-refractivity contribution is 5.88. The van der Waals surface area contributed by atoms with Crippen molar-refractivity contribution in [2.45, 2.75) is 39.7 Å². The highest BCUT2D eigenvalue weighted by atomic mass is 16.2. The number of hydrogen-bond acceptors (Lipinski definition) is 3. The monoisotopic (exact) mass is 380 g/mol. The number of amides is 2. The van der Waals surface area contributed by atoms with Crippen molar-refractivity contribution in [1.82, 2.24) is 24.5 Å². The molecule has 0 saturated heterocycles. The number of anilines is 1. The summed E-state index contributed by atoms with van der Waals surface area (Å²) in [7, 11) is 3.59. The third-order valence-corrected chi connectivity index (χ3v) is 4.55. The van der Waals surface area contributed by atoms with E-state index in [9.17, 15) is 4.79 Å². The van der Waals surface area contributed by atoms with E-state index in [4.69, 9.17) is 0 Å². The number of aryl methyl sites for hydroxylation is 2. The van der Waals surface area contributed by atoms with Crippen molar-refractivity contribution < 1.29 is 4.79 Å². The maximum absolute atomic E-state index is 12.6. The number of nitrogens with one attached hydrogen (secondary N) is 1. The molecule has 7 heteroatoms. The zero-order valence-corrected chi connectivity index (χ0v) is 17.4. The van der Waals surface area contributed by atoms with Gasteiger partial charge in [-0.05, 0) is 24.6 Å². The third-order valence-electron chi connectivity index (χ3n) is 4.55. The Morgan fingerprint density at radius 1 is 1.25 bits per heavy atom. The summed E-state index contributed by atoms with van der Waals surface area (Å²) in [6.07, 6.45) is 3.73. The Morgan fingerprint density at radius 3 is 2.64 bits per heavy atom. The summed E-state index contributed by atoms with van der Waals surface area (Å²) in [5.41, 5.74) is 4.00. The van der Waals surface area contributed by atoms with Crippen molar-refractivity contribution in [1.29, 1.82) is 0 Å². The van der Waals surface area contributed by atoms with Gasteiger partial charge in [0, 0.05) is 37.3 Å². The van der Waals surface area contributed by atoms with E-state index in [1.807, 2.05) is 36.1 Å². The van der Waals surface area contributed by atoms with Gasteiger partial charge in [-0.25, -0.2) is 9.48 Å². The maximum Gasteiger partial charge on any atom is 0.323 e. The molecule has 0 aliphatic carbocycles. The van der Waals surface area contributed by atoms with E-state index in [1.54, 1.807) is 22.8 Å². The molecule has 3 rings (SSSR count). The maximum atomic E-state index is 12.6. The smallest absolute Gasteiger partial charge is 0.323 e. The van der Waals surface area contributed by atoms with E-state index in [2.05, 4.69) is 55.3 Å². The van der Waals surface area contributed by atoms with Crippen LogP contribution in [0.3, 0.4) is 0 Å². The molecule has 2 amide bonds. The summed E-state index contributed by atoms with van der Waals surface area (Å²) in [5.74, 6) is 0.678. The Kier molecular flexibility index (Phi) is 5.27. The SMILES string of the molecule is Cc1cccc(-n2cc(CN(C)C(=O)Nc3cc(C(C)(C)C)nn3C)cn2)c1. The number of carbonyl (C=O) groups excluding carboxylic acids is 1. The lowest BCUT2D eigenvalue weighted by molar-refractivity contribution is 0.220. The van der Waals surface area contributed by atoms with Gasteiger partial charge in [0.05, 0.1) is 24.1 Å². The number of rotatable bonds is 4. The fourth-order valence-electron chi connectivity index (χ4n) is 2.85. The lowest BCUT2D eigenvalue weighted by Gasteiger charge is -2.17. The number of aromatic nitrogens is 4. The van der Waals surface area contributed by atoms with Crippen LogP contribution in [0.4, 0.5) is 10.6 Å². The second-order valence-electron chi connectivity index (χ2n) is 8.21. The largest absolute Gasteiger partial charge is 0.323 e. The first-order valence-corrected chi connectivity index (χ1v) is 9.31. The molecule has 0 unspecified atom stereocenters. The molecule has 2 heterocycles. The lowest BCUT2D eigenvalue weighted by Crippen LogP contribution is -2.31. The van der Waals surface area contributed by atoms with Gasteiger partial charge in [0.1, 0.15) is 5.82 Å². The van der Waals surface area contributed by atoms with E-state index in [0.29, 0.717) is 12.4 Å². The first-order valence-electron chi connectivity index (χ1n) is 9.31. The molecule has 0 aliphatic rings. The van der Waals surface area contributed by atoms with Gasteiger partial charge in [-0.15, -0.1) is 0 Å². The number of hydrogen-bond donors (Lipinski definition) is 1. The van der Waals surface area contributed by atoms with Crippen LogP contribution in [0.1, 0.15) is 37.6 Å². The highest BCUT2D eigenvalue weighted by Gasteiger charge is 2.20. The number of benzene rings is 1. The van der Waals surface area contributed by atoms with Gasteiger partial charge < -0.3 is 4.90 Å². The predicted molar refractivity (Wildman–Crippen MR) is 111 cm³/mol. The van der Waals surface area contributed by atoms with Crippen molar-refractivity contribution in [3.63, 3.8) is 0 Å². The Balaban J connectivity index is 1.66. The fourth-order valence-corrected chi connectivity index (χ4v) is 2.85. The van der Waals surface area contributed by atoms with Crippen molar-refractivity contribution in [2.75, 3.05) is 12.4 Å². The zero-order valence-electron chi connectivity index (χ0n) is 17.4. The Bertz CT molecular complexity index is 979. The Morgan fingerprint density at radius 2 is 2.00 bits per heavy atom. The van der Waals surface area contributed by atoms with Crippen LogP contribution in [0.25, 0.3) is 5.69 Å². The first-order chi connectivity index (χ1) is 13.1. The van der Waals surface area contributed by atoms with Crippen LogP contribution >= 0.6 is 0 Å². The average Bonchev–Trinajstić information content (AvgIpc) is 3.22. The molecule has 1 N–H and O–H groups in total. The van der Waals surface area contributed by atoms with Crippen LogP contribution < -0.4 is 5.32 Å². The van der Waals surface area contributed by atoms with Gasteiger partial charge in [0.2, 0.25) is 0 Å². The van der Waals surface area contributed by atoms with Crippen LogP contribution in [0.15, 0.2) is 42.7 Å². The summed E-state index contributed by atoms with van der Waals surface area (Å²) in [5, 5.41) is 11.8.